The number of hydrogen-bond acceptors (Lipinski definition) is 2. The van der Waals surface area contributed by atoms with Crippen LogP contribution in [-0.4, -0.2) is 34.1 Å². The molecule has 0 aromatic rings. The monoisotopic (exact) mass is 251 g/mol. The lowest BCUT2D eigenvalue weighted by atomic mass is 9.84. The lowest BCUT2D eigenvalue weighted by Gasteiger charge is -2.44. The van der Waals surface area contributed by atoms with Crippen LogP contribution in [0.1, 0.15) is 64.2 Å². The van der Waals surface area contributed by atoms with Crippen LogP contribution in [0.25, 0.3) is 0 Å². The van der Waals surface area contributed by atoms with E-state index in [4.69, 9.17) is 5.11 Å². The molecule has 1 aliphatic carbocycles. The largest absolute Gasteiger partial charge is 0.481 e. The lowest BCUT2D eigenvalue weighted by molar-refractivity contribution is -0.138. The number of carboxylic acid groups (broad SMARTS) is 1. The molecule has 0 aromatic heterocycles. The molecule has 2 saturated heterocycles. The molecule has 2 atom stereocenters. The first kappa shape index (κ1) is 12.5. The third-order valence-electron chi connectivity index (χ3n) is 5.35. The normalized spacial score (nSPS) is 37.9. The number of nitrogens with zero attached hydrogens (tertiary/aromatic N) is 1. The third kappa shape index (κ3) is 2.42. The highest BCUT2D eigenvalue weighted by atomic mass is 16.4. The van der Waals surface area contributed by atoms with Gasteiger partial charge in [0.25, 0.3) is 0 Å². The molecule has 3 heteroatoms. The second kappa shape index (κ2) is 5.20. The van der Waals surface area contributed by atoms with Crippen LogP contribution >= 0.6 is 0 Å². The molecule has 3 aliphatic rings. The molecule has 18 heavy (non-hydrogen) atoms. The first-order chi connectivity index (χ1) is 8.74. The van der Waals surface area contributed by atoms with E-state index in [-0.39, 0.29) is 0 Å². The number of hydrogen-bond donors (Lipinski definition) is 1. The molecule has 0 amide bonds. The Morgan fingerprint density at radius 2 is 1.56 bits per heavy atom. The Kier molecular flexibility index (Phi) is 3.60. The molecule has 2 unspecified atom stereocenters. The highest BCUT2D eigenvalue weighted by molar-refractivity contribution is 5.67. The van der Waals surface area contributed by atoms with Gasteiger partial charge in [-0.1, -0.05) is 19.3 Å². The van der Waals surface area contributed by atoms with Crippen LogP contribution in [-0.2, 0) is 4.79 Å². The molecule has 2 heterocycles. The Morgan fingerprint density at radius 3 is 2.11 bits per heavy atom. The second-order valence-electron chi connectivity index (χ2n) is 6.56. The van der Waals surface area contributed by atoms with Crippen LogP contribution < -0.4 is 0 Å². The maximum atomic E-state index is 10.9. The number of fused-ring (bicyclic) bond motifs is 2. The van der Waals surface area contributed by atoms with E-state index in [0.717, 1.165) is 18.9 Å². The highest BCUT2D eigenvalue weighted by Crippen LogP contribution is 2.43. The van der Waals surface area contributed by atoms with Crippen molar-refractivity contribution in [3.8, 4) is 0 Å². The van der Waals surface area contributed by atoms with E-state index in [0.29, 0.717) is 24.4 Å². The molecule has 1 saturated carbocycles. The molecule has 0 spiro atoms. The van der Waals surface area contributed by atoms with E-state index in [1.54, 1.807) is 0 Å². The average molecular weight is 251 g/mol. The number of rotatable bonds is 3. The van der Waals surface area contributed by atoms with Crippen LogP contribution in [0.5, 0.6) is 0 Å². The van der Waals surface area contributed by atoms with Crippen LogP contribution in [0.2, 0.25) is 0 Å². The summed E-state index contributed by atoms with van der Waals surface area (Å²) in [5.74, 6) is -0.162. The Labute approximate surface area is 110 Å². The van der Waals surface area contributed by atoms with Gasteiger partial charge in [-0.15, -0.1) is 0 Å². The van der Waals surface area contributed by atoms with Crippen molar-refractivity contribution in [3.63, 3.8) is 0 Å². The molecule has 0 radical (unpaired) electrons. The van der Waals surface area contributed by atoms with Gasteiger partial charge in [0, 0.05) is 24.5 Å². The summed E-state index contributed by atoms with van der Waals surface area (Å²) in [6.45, 7) is 0. The smallest absolute Gasteiger partial charge is 0.303 e. The van der Waals surface area contributed by atoms with E-state index in [1.807, 2.05) is 0 Å². The number of piperidine rings is 1. The zero-order valence-electron chi connectivity index (χ0n) is 11.2. The van der Waals surface area contributed by atoms with Crippen molar-refractivity contribution in [2.24, 2.45) is 5.92 Å². The van der Waals surface area contributed by atoms with Crippen molar-refractivity contribution in [1.29, 1.82) is 0 Å². The van der Waals surface area contributed by atoms with E-state index >= 15 is 0 Å². The fraction of sp³-hybridized carbons (Fsp3) is 0.933. The van der Waals surface area contributed by atoms with Crippen molar-refractivity contribution in [3.05, 3.63) is 0 Å². The van der Waals surface area contributed by atoms with Crippen molar-refractivity contribution >= 4 is 5.97 Å². The fourth-order valence-corrected chi connectivity index (χ4v) is 4.72. The minimum atomic E-state index is -0.606. The molecule has 2 bridgehead atoms. The SMILES string of the molecule is O=C(O)CC1CC2CCC(C1)N2C1CCCCC1. The molecule has 3 rings (SSSR count). The summed E-state index contributed by atoms with van der Waals surface area (Å²) in [5, 5.41) is 8.96. The molecule has 2 aliphatic heterocycles. The van der Waals surface area contributed by atoms with Gasteiger partial charge >= 0.3 is 5.97 Å². The van der Waals surface area contributed by atoms with Crippen molar-refractivity contribution in [1.82, 2.24) is 4.90 Å². The van der Waals surface area contributed by atoms with Gasteiger partial charge in [-0.2, -0.15) is 0 Å². The van der Waals surface area contributed by atoms with Crippen LogP contribution in [0.3, 0.4) is 0 Å². The van der Waals surface area contributed by atoms with Gasteiger partial charge in [-0.3, -0.25) is 9.69 Å². The third-order valence-corrected chi connectivity index (χ3v) is 5.35. The zero-order chi connectivity index (χ0) is 12.5. The van der Waals surface area contributed by atoms with Crippen LogP contribution in [0.4, 0.5) is 0 Å². The maximum Gasteiger partial charge on any atom is 0.303 e. The van der Waals surface area contributed by atoms with Gasteiger partial charge in [0.1, 0.15) is 0 Å². The molecule has 3 fully saturated rings. The van der Waals surface area contributed by atoms with Gasteiger partial charge in [-0.25, -0.2) is 0 Å². The minimum absolute atomic E-state index is 0.394. The second-order valence-corrected chi connectivity index (χ2v) is 6.56. The first-order valence-electron chi connectivity index (χ1n) is 7.73. The van der Waals surface area contributed by atoms with E-state index < -0.39 is 5.97 Å². The topological polar surface area (TPSA) is 40.5 Å². The predicted octanol–water partition coefficient (Wildman–Crippen LogP) is 3.04. The Balaban J connectivity index is 1.63. The Hall–Kier alpha value is -0.570. The van der Waals surface area contributed by atoms with Gasteiger partial charge in [-0.05, 0) is 44.4 Å². The van der Waals surface area contributed by atoms with Crippen molar-refractivity contribution < 1.29 is 9.90 Å². The summed E-state index contributed by atoms with van der Waals surface area (Å²) in [4.78, 5) is 13.7. The highest BCUT2D eigenvalue weighted by Gasteiger charge is 2.44. The summed E-state index contributed by atoms with van der Waals surface area (Å²) in [6, 6.07) is 2.23. The van der Waals surface area contributed by atoms with Gasteiger partial charge < -0.3 is 5.11 Å². The summed E-state index contributed by atoms with van der Waals surface area (Å²) in [5.41, 5.74) is 0. The van der Waals surface area contributed by atoms with Crippen LogP contribution in [0, 0.1) is 5.92 Å². The molecule has 102 valence electrons. The van der Waals surface area contributed by atoms with E-state index in [9.17, 15) is 4.79 Å². The van der Waals surface area contributed by atoms with Crippen molar-refractivity contribution in [2.75, 3.05) is 0 Å². The standard InChI is InChI=1S/C15H25NO2/c17-15(18)10-11-8-13-6-7-14(9-11)16(13)12-4-2-1-3-5-12/h11-14H,1-10H2,(H,17,18). The average Bonchev–Trinajstić information content (AvgIpc) is 2.62. The number of aliphatic carboxylic acids is 1. The maximum absolute atomic E-state index is 10.9. The molecular weight excluding hydrogens is 226 g/mol. The summed E-state index contributed by atoms with van der Waals surface area (Å²) in [6.07, 6.45) is 12.3. The quantitative estimate of drug-likeness (QED) is 0.838. The van der Waals surface area contributed by atoms with Gasteiger partial charge in [0.2, 0.25) is 0 Å². The summed E-state index contributed by atoms with van der Waals surface area (Å²) in [7, 11) is 0. The van der Waals surface area contributed by atoms with Crippen molar-refractivity contribution in [2.45, 2.75) is 82.3 Å². The summed E-state index contributed by atoms with van der Waals surface area (Å²) >= 11 is 0. The summed E-state index contributed by atoms with van der Waals surface area (Å²) < 4.78 is 0. The van der Waals surface area contributed by atoms with Crippen LogP contribution in [0.15, 0.2) is 0 Å². The fourth-order valence-electron chi connectivity index (χ4n) is 4.72. The first-order valence-corrected chi connectivity index (χ1v) is 7.73. The lowest BCUT2D eigenvalue weighted by Crippen LogP contribution is -2.49. The number of carbonyl (C=O) groups is 1. The molecule has 0 aromatic carbocycles. The molecule has 1 N–H and O–H groups in total. The Bertz CT molecular complexity index is 298. The van der Waals surface area contributed by atoms with E-state index in [2.05, 4.69) is 4.90 Å². The molecular formula is C15H25NO2. The molecule has 3 nitrogen and oxygen atoms in total. The number of carboxylic acids is 1. The van der Waals surface area contributed by atoms with E-state index in [1.165, 1.54) is 44.9 Å². The Morgan fingerprint density at radius 1 is 0.944 bits per heavy atom. The minimum Gasteiger partial charge on any atom is -0.481 e. The zero-order valence-corrected chi connectivity index (χ0v) is 11.2. The van der Waals surface area contributed by atoms with Gasteiger partial charge in [0.05, 0.1) is 0 Å². The van der Waals surface area contributed by atoms with Gasteiger partial charge in [0.15, 0.2) is 0 Å². The predicted molar refractivity (Wildman–Crippen MR) is 70.5 cm³/mol.